The summed E-state index contributed by atoms with van der Waals surface area (Å²) in [6, 6.07) is 17.2. The minimum atomic E-state index is -0.956. The Bertz CT molecular complexity index is 1100. The van der Waals surface area contributed by atoms with Crippen LogP contribution < -0.4 is 21.7 Å². The molecule has 39 heavy (non-hydrogen) atoms. The van der Waals surface area contributed by atoms with Gasteiger partial charge in [0.2, 0.25) is 11.8 Å². The highest BCUT2D eigenvalue weighted by Gasteiger charge is 2.25. The van der Waals surface area contributed by atoms with Gasteiger partial charge >= 0.3 is 12.2 Å². The predicted molar refractivity (Wildman–Crippen MR) is 147 cm³/mol. The zero-order valence-electron chi connectivity index (χ0n) is 22.6. The number of carbonyl (C=O) groups excluding carboxylic acids is 4. The summed E-state index contributed by atoms with van der Waals surface area (Å²) in [7, 11) is 0. The van der Waals surface area contributed by atoms with E-state index in [-0.39, 0.29) is 19.6 Å². The molecular formula is C29H38N4O6. The zero-order valence-corrected chi connectivity index (χ0v) is 22.6. The Labute approximate surface area is 229 Å². The lowest BCUT2D eigenvalue weighted by molar-refractivity contribution is -0.123. The van der Waals surface area contributed by atoms with Gasteiger partial charge in [-0.15, -0.1) is 0 Å². The summed E-state index contributed by atoms with van der Waals surface area (Å²) in [6.45, 7) is 5.52. The molecule has 210 valence electrons. The van der Waals surface area contributed by atoms with Gasteiger partial charge < -0.3 is 31.2 Å². The van der Waals surface area contributed by atoms with Crippen LogP contribution in [0.1, 0.15) is 44.7 Å². The molecule has 0 fully saturated rings. The van der Waals surface area contributed by atoms with E-state index in [0.717, 1.165) is 11.1 Å². The average Bonchev–Trinajstić information content (AvgIpc) is 2.88. The molecule has 0 aliphatic carbocycles. The van der Waals surface area contributed by atoms with Crippen molar-refractivity contribution in [3.63, 3.8) is 0 Å². The van der Waals surface area contributed by atoms with E-state index >= 15 is 0 Å². The highest BCUT2D eigenvalue weighted by molar-refractivity contribution is 5.87. The molecule has 0 aromatic heterocycles. The number of hydrogen-bond acceptors (Lipinski definition) is 6. The molecule has 0 radical (unpaired) electrons. The Balaban J connectivity index is 1.99. The maximum absolute atomic E-state index is 13.2. The second-order valence-electron chi connectivity index (χ2n) is 9.90. The molecular weight excluding hydrogens is 500 g/mol. The van der Waals surface area contributed by atoms with Gasteiger partial charge in [0.15, 0.2) is 0 Å². The molecule has 0 saturated carbocycles. The van der Waals surface area contributed by atoms with E-state index in [4.69, 9.17) is 15.2 Å². The summed E-state index contributed by atoms with van der Waals surface area (Å²) in [4.78, 5) is 49.0. The summed E-state index contributed by atoms with van der Waals surface area (Å²) < 4.78 is 10.5. The molecule has 5 N–H and O–H groups in total. The number of primary amides is 1. The van der Waals surface area contributed by atoms with Crippen molar-refractivity contribution in [3.8, 4) is 0 Å². The third kappa shape index (κ3) is 13.7. The summed E-state index contributed by atoms with van der Waals surface area (Å²) >= 11 is 0. The first-order valence-electron chi connectivity index (χ1n) is 12.8. The highest BCUT2D eigenvalue weighted by Crippen LogP contribution is 2.09. The van der Waals surface area contributed by atoms with Gasteiger partial charge in [0.05, 0.1) is 6.04 Å². The van der Waals surface area contributed by atoms with Crippen molar-refractivity contribution in [2.24, 2.45) is 5.73 Å². The minimum absolute atomic E-state index is 0.138. The van der Waals surface area contributed by atoms with Crippen LogP contribution >= 0.6 is 0 Å². The highest BCUT2D eigenvalue weighted by atomic mass is 16.6. The Morgan fingerprint density at radius 1 is 0.897 bits per heavy atom. The fraction of sp³-hybridized carbons (Fsp3) is 0.379. The lowest BCUT2D eigenvalue weighted by atomic mass is 10.0. The third-order valence-electron chi connectivity index (χ3n) is 5.28. The topological polar surface area (TPSA) is 149 Å². The van der Waals surface area contributed by atoms with Gasteiger partial charge in [-0.2, -0.15) is 0 Å². The van der Waals surface area contributed by atoms with Gasteiger partial charge in [0, 0.05) is 12.6 Å². The fourth-order valence-electron chi connectivity index (χ4n) is 3.52. The number of hydrogen-bond donors (Lipinski definition) is 4. The summed E-state index contributed by atoms with van der Waals surface area (Å²) in [5.41, 5.74) is 6.30. The van der Waals surface area contributed by atoms with Crippen LogP contribution in [-0.4, -0.2) is 48.2 Å². The molecule has 2 aromatic rings. The standard InChI is InChI=1S/C29H38N4O6/c1-29(2,3)39-28(37)33-24(15-10-18-31-27(36)38-20-22-13-8-5-9-14-22)26(35)32-23(16-17-25(30)34)19-21-11-6-4-7-12-21/h4-9,11-14,16-17,23-24H,10,15,18-20H2,1-3H3,(H2,30,34)(H,31,36)(H,32,35)(H,33,37)/b17-16+/t23-,24-/m1/s1. The van der Waals surface area contributed by atoms with Crippen molar-refractivity contribution in [2.45, 2.75) is 64.3 Å². The summed E-state index contributed by atoms with van der Waals surface area (Å²) in [6.07, 6.45) is 2.36. The number of alkyl carbamates (subject to hydrolysis) is 2. The molecule has 0 heterocycles. The second kappa shape index (κ2) is 15.8. The number of rotatable bonds is 13. The predicted octanol–water partition coefficient (Wildman–Crippen LogP) is 3.36. The Morgan fingerprint density at radius 2 is 1.51 bits per heavy atom. The van der Waals surface area contributed by atoms with Crippen molar-refractivity contribution >= 4 is 24.0 Å². The van der Waals surface area contributed by atoms with Crippen LogP contribution in [0, 0.1) is 0 Å². The van der Waals surface area contributed by atoms with Crippen LogP contribution in [0.5, 0.6) is 0 Å². The molecule has 10 nitrogen and oxygen atoms in total. The van der Waals surface area contributed by atoms with Gasteiger partial charge in [-0.05, 0) is 51.2 Å². The number of carbonyl (C=O) groups is 4. The van der Waals surface area contributed by atoms with E-state index in [1.807, 2.05) is 60.7 Å². The van der Waals surface area contributed by atoms with E-state index < -0.39 is 41.7 Å². The van der Waals surface area contributed by atoms with Crippen LogP contribution in [0.15, 0.2) is 72.8 Å². The second-order valence-corrected chi connectivity index (χ2v) is 9.90. The summed E-state index contributed by atoms with van der Waals surface area (Å²) in [5.74, 6) is -1.11. The molecule has 4 amide bonds. The Hall–Kier alpha value is -4.34. The van der Waals surface area contributed by atoms with Crippen molar-refractivity contribution < 1.29 is 28.7 Å². The van der Waals surface area contributed by atoms with Crippen LogP contribution in [0.2, 0.25) is 0 Å². The first kappa shape index (κ1) is 30.9. The van der Waals surface area contributed by atoms with Crippen molar-refractivity contribution in [1.82, 2.24) is 16.0 Å². The number of benzene rings is 2. The number of nitrogens with two attached hydrogens (primary N) is 1. The maximum Gasteiger partial charge on any atom is 0.408 e. The number of nitrogens with one attached hydrogen (secondary N) is 3. The van der Waals surface area contributed by atoms with Gasteiger partial charge in [-0.25, -0.2) is 9.59 Å². The summed E-state index contributed by atoms with van der Waals surface area (Å²) in [5, 5.41) is 8.12. The van der Waals surface area contributed by atoms with Gasteiger partial charge in [-0.3, -0.25) is 9.59 Å². The van der Waals surface area contributed by atoms with Gasteiger partial charge in [0.25, 0.3) is 0 Å². The SMILES string of the molecule is CC(C)(C)OC(=O)N[C@H](CCCNC(=O)OCc1ccccc1)C(=O)N[C@H](/C=C/C(N)=O)Cc1ccccc1. The van der Waals surface area contributed by atoms with E-state index in [9.17, 15) is 19.2 Å². The molecule has 0 aliphatic rings. The monoisotopic (exact) mass is 538 g/mol. The molecule has 0 spiro atoms. The molecule has 2 aromatic carbocycles. The molecule has 0 aliphatic heterocycles. The quantitative estimate of drug-likeness (QED) is 0.227. The Kier molecular flexibility index (Phi) is 12.5. The van der Waals surface area contributed by atoms with Crippen LogP contribution in [0.3, 0.4) is 0 Å². The molecule has 0 saturated heterocycles. The third-order valence-corrected chi connectivity index (χ3v) is 5.28. The van der Waals surface area contributed by atoms with Crippen LogP contribution in [0.4, 0.5) is 9.59 Å². The van der Waals surface area contributed by atoms with Crippen molar-refractivity contribution in [1.29, 1.82) is 0 Å². The Morgan fingerprint density at radius 3 is 2.10 bits per heavy atom. The lowest BCUT2D eigenvalue weighted by Crippen LogP contribution is -2.51. The molecule has 10 heteroatoms. The average molecular weight is 539 g/mol. The van der Waals surface area contributed by atoms with Crippen molar-refractivity contribution in [2.75, 3.05) is 6.54 Å². The zero-order chi connectivity index (χ0) is 28.7. The van der Waals surface area contributed by atoms with Gasteiger partial charge in [0.1, 0.15) is 18.2 Å². The van der Waals surface area contributed by atoms with Crippen LogP contribution in [0.25, 0.3) is 0 Å². The lowest BCUT2D eigenvalue weighted by Gasteiger charge is -2.25. The van der Waals surface area contributed by atoms with E-state index in [1.165, 1.54) is 12.2 Å². The molecule has 2 rings (SSSR count). The number of amides is 4. The first-order valence-corrected chi connectivity index (χ1v) is 12.8. The van der Waals surface area contributed by atoms with Gasteiger partial charge in [-0.1, -0.05) is 66.7 Å². The fourth-order valence-corrected chi connectivity index (χ4v) is 3.52. The van der Waals surface area contributed by atoms with E-state index in [2.05, 4.69) is 16.0 Å². The molecule has 2 atom stereocenters. The molecule has 0 unspecified atom stereocenters. The largest absolute Gasteiger partial charge is 0.445 e. The van der Waals surface area contributed by atoms with Crippen LogP contribution in [-0.2, 0) is 32.1 Å². The van der Waals surface area contributed by atoms with E-state index in [0.29, 0.717) is 12.8 Å². The number of ether oxygens (including phenoxy) is 2. The normalized spacial score (nSPS) is 12.7. The smallest absolute Gasteiger partial charge is 0.408 e. The van der Waals surface area contributed by atoms with Crippen molar-refractivity contribution in [3.05, 3.63) is 83.9 Å². The minimum Gasteiger partial charge on any atom is -0.445 e. The molecule has 0 bridgehead atoms. The van der Waals surface area contributed by atoms with E-state index in [1.54, 1.807) is 20.8 Å². The maximum atomic E-state index is 13.2. The first-order chi connectivity index (χ1) is 18.5.